The van der Waals surface area contributed by atoms with E-state index in [0.29, 0.717) is 18.4 Å². The van der Waals surface area contributed by atoms with Crippen LogP contribution in [0.4, 0.5) is 0 Å². The van der Waals surface area contributed by atoms with Gasteiger partial charge in [-0.3, -0.25) is 0 Å². The summed E-state index contributed by atoms with van der Waals surface area (Å²) in [6.07, 6.45) is 3.54. The van der Waals surface area contributed by atoms with Gasteiger partial charge in [0, 0.05) is 18.2 Å². The van der Waals surface area contributed by atoms with Crippen LogP contribution in [0.3, 0.4) is 0 Å². The number of rotatable bonds is 5. The fourth-order valence-corrected chi connectivity index (χ4v) is 1.89. The summed E-state index contributed by atoms with van der Waals surface area (Å²) in [6, 6.07) is 10.9. The molecule has 0 amide bonds. The van der Waals surface area contributed by atoms with Crippen molar-refractivity contribution in [2.75, 3.05) is 0 Å². The Bertz CT molecular complexity index is 591. The van der Waals surface area contributed by atoms with Gasteiger partial charge < -0.3 is 9.90 Å². The van der Waals surface area contributed by atoms with Crippen LogP contribution >= 0.6 is 0 Å². The maximum atomic E-state index is 11.1. The summed E-state index contributed by atoms with van der Waals surface area (Å²) in [5.74, 6) is -1.04. The molecule has 0 aliphatic heterocycles. The van der Waals surface area contributed by atoms with Crippen LogP contribution in [0.15, 0.2) is 42.6 Å². The van der Waals surface area contributed by atoms with Crippen LogP contribution in [-0.4, -0.2) is 22.3 Å². The average molecular weight is 255 g/mol. The third-order valence-electron chi connectivity index (χ3n) is 2.83. The Labute approximate surface area is 110 Å². The Morgan fingerprint density at radius 2 is 1.95 bits per heavy atom. The molecule has 1 aromatic carbocycles. The van der Waals surface area contributed by atoms with E-state index in [0.717, 1.165) is 17.4 Å². The van der Waals surface area contributed by atoms with Gasteiger partial charge in [0.1, 0.15) is 6.29 Å². The molecule has 1 N–H and O–H groups in total. The summed E-state index contributed by atoms with van der Waals surface area (Å²) in [4.78, 5) is 25.3. The van der Waals surface area contributed by atoms with E-state index in [4.69, 9.17) is 5.11 Å². The van der Waals surface area contributed by atoms with E-state index in [1.54, 1.807) is 12.1 Å². The third-order valence-corrected chi connectivity index (χ3v) is 2.83. The van der Waals surface area contributed by atoms with Gasteiger partial charge in [-0.15, -0.1) is 0 Å². The van der Waals surface area contributed by atoms with E-state index in [1.165, 1.54) is 6.20 Å². The SMILES string of the molecule is O=CCCc1ccc(-c2cccnc2C(=O)O)cc1. The van der Waals surface area contributed by atoms with Crippen molar-refractivity contribution in [2.24, 2.45) is 0 Å². The number of hydrogen-bond donors (Lipinski definition) is 1. The average Bonchev–Trinajstić information content (AvgIpc) is 2.45. The largest absolute Gasteiger partial charge is 0.476 e. The molecule has 19 heavy (non-hydrogen) atoms. The van der Waals surface area contributed by atoms with E-state index in [-0.39, 0.29) is 5.69 Å². The molecule has 0 aliphatic carbocycles. The molecule has 0 saturated heterocycles. The van der Waals surface area contributed by atoms with Crippen molar-refractivity contribution < 1.29 is 14.7 Å². The molecule has 96 valence electrons. The smallest absolute Gasteiger partial charge is 0.355 e. The van der Waals surface area contributed by atoms with Crippen molar-refractivity contribution in [2.45, 2.75) is 12.8 Å². The molecule has 0 spiro atoms. The van der Waals surface area contributed by atoms with Crippen LogP contribution in [0.5, 0.6) is 0 Å². The zero-order valence-electron chi connectivity index (χ0n) is 10.2. The molecule has 0 atom stereocenters. The topological polar surface area (TPSA) is 67.3 Å². The minimum Gasteiger partial charge on any atom is -0.476 e. The molecule has 0 aliphatic rings. The Hall–Kier alpha value is -2.49. The number of carboxylic acid groups (broad SMARTS) is 1. The molecule has 0 radical (unpaired) electrons. The highest BCUT2D eigenvalue weighted by atomic mass is 16.4. The maximum absolute atomic E-state index is 11.1. The first-order chi connectivity index (χ1) is 9.22. The van der Waals surface area contributed by atoms with Gasteiger partial charge in [0.05, 0.1) is 0 Å². The van der Waals surface area contributed by atoms with Gasteiger partial charge in [-0.2, -0.15) is 0 Å². The summed E-state index contributed by atoms with van der Waals surface area (Å²) in [6.45, 7) is 0. The normalized spacial score (nSPS) is 10.1. The molecule has 0 bridgehead atoms. The van der Waals surface area contributed by atoms with E-state index >= 15 is 0 Å². The Kier molecular flexibility index (Phi) is 4.03. The molecule has 2 rings (SSSR count). The van der Waals surface area contributed by atoms with E-state index in [1.807, 2.05) is 24.3 Å². The maximum Gasteiger partial charge on any atom is 0.355 e. The molecular weight excluding hydrogens is 242 g/mol. The lowest BCUT2D eigenvalue weighted by molar-refractivity contribution is -0.107. The van der Waals surface area contributed by atoms with Crippen molar-refractivity contribution in [3.8, 4) is 11.1 Å². The molecular formula is C15H13NO3. The predicted octanol–water partition coefficient (Wildman–Crippen LogP) is 2.58. The molecule has 4 heteroatoms. The zero-order chi connectivity index (χ0) is 13.7. The number of carboxylic acids is 1. The number of pyridine rings is 1. The molecule has 0 fully saturated rings. The van der Waals surface area contributed by atoms with Crippen molar-refractivity contribution in [1.82, 2.24) is 4.98 Å². The van der Waals surface area contributed by atoms with Gasteiger partial charge in [-0.05, 0) is 23.6 Å². The Balaban J connectivity index is 2.32. The minimum absolute atomic E-state index is 0.0446. The summed E-state index contributed by atoms with van der Waals surface area (Å²) in [7, 11) is 0. The lowest BCUT2D eigenvalue weighted by Crippen LogP contribution is -2.02. The summed E-state index contributed by atoms with van der Waals surface area (Å²) in [5.41, 5.74) is 2.50. The zero-order valence-corrected chi connectivity index (χ0v) is 10.2. The van der Waals surface area contributed by atoms with Gasteiger partial charge in [0.25, 0.3) is 0 Å². The summed E-state index contributed by atoms with van der Waals surface area (Å²) < 4.78 is 0. The molecule has 4 nitrogen and oxygen atoms in total. The second-order valence-corrected chi connectivity index (χ2v) is 4.11. The van der Waals surface area contributed by atoms with Crippen LogP contribution in [0.25, 0.3) is 11.1 Å². The summed E-state index contributed by atoms with van der Waals surface area (Å²) in [5, 5.41) is 9.10. The van der Waals surface area contributed by atoms with E-state index in [9.17, 15) is 9.59 Å². The number of aromatic nitrogens is 1. The van der Waals surface area contributed by atoms with E-state index < -0.39 is 5.97 Å². The number of aryl methyl sites for hydroxylation is 1. The quantitative estimate of drug-likeness (QED) is 0.834. The van der Waals surface area contributed by atoms with Gasteiger partial charge in [-0.1, -0.05) is 30.3 Å². The van der Waals surface area contributed by atoms with Gasteiger partial charge in [0.2, 0.25) is 0 Å². The first kappa shape index (κ1) is 13.0. The van der Waals surface area contributed by atoms with Crippen LogP contribution in [0.2, 0.25) is 0 Å². The number of carbonyl (C=O) groups excluding carboxylic acids is 1. The van der Waals surface area contributed by atoms with Crippen molar-refractivity contribution >= 4 is 12.3 Å². The fourth-order valence-electron chi connectivity index (χ4n) is 1.89. The Morgan fingerprint density at radius 1 is 1.21 bits per heavy atom. The predicted molar refractivity (Wildman–Crippen MR) is 71.0 cm³/mol. The van der Waals surface area contributed by atoms with Crippen molar-refractivity contribution in [3.63, 3.8) is 0 Å². The molecule has 1 aromatic heterocycles. The van der Waals surface area contributed by atoms with Crippen LogP contribution < -0.4 is 0 Å². The molecule has 1 heterocycles. The van der Waals surface area contributed by atoms with E-state index in [2.05, 4.69) is 4.98 Å². The van der Waals surface area contributed by atoms with Gasteiger partial charge >= 0.3 is 5.97 Å². The highest BCUT2D eigenvalue weighted by Crippen LogP contribution is 2.22. The molecule has 0 unspecified atom stereocenters. The fraction of sp³-hybridized carbons (Fsp3) is 0.133. The van der Waals surface area contributed by atoms with Gasteiger partial charge in [0.15, 0.2) is 5.69 Å². The van der Waals surface area contributed by atoms with Gasteiger partial charge in [-0.25, -0.2) is 9.78 Å². The number of benzene rings is 1. The standard InChI is InChI=1S/C15H13NO3/c17-10-2-3-11-5-7-12(8-6-11)13-4-1-9-16-14(13)15(18)19/h1,4-10H,2-3H2,(H,18,19). The third kappa shape index (κ3) is 3.04. The molecule has 0 saturated carbocycles. The highest BCUT2D eigenvalue weighted by molar-refractivity contribution is 5.93. The number of aldehydes is 1. The highest BCUT2D eigenvalue weighted by Gasteiger charge is 2.12. The number of hydrogen-bond acceptors (Lipinski definition) is 3. The second kappa shape index (κ2) is 5.91. The van der Waals surface area contributed by atoms with Crippen LogP contribution in [-0.2, 0) is 11.2 Å². The second-order valence-electron chi connectivity index (χ2n) is 4.11. The number of aromatic carboxylic acids is 1. The number of carbonyl (C=O) groups is 2. The van der Waals surface area contributed by atoms with Crippen molar-refractivity contribution in [1.29, 1.82) is 0 Å². The van der Waals surface area contributed by atoms with Crippen LogP contribution in [0, 0.1) is 0 Å². The van der Waals surface area contributed by atoms with Crippen LogP contribution in [0.1, 0.15) is 22.5 Å². The monoisotopic (exact) mass is 255 g/mol. The first-order valence-corrected chi connectivity index (χ1v) is 5.93. The Morgan fingerprint density at radius 3 is 2.58 bits per heavy atom. The summed E-state index contributed by atoms with van der Waals surface area (Å²) >= 11 is 0. The minimum atomic E-state index is -1.04. The lowest BCUT2D eigenvalue weighted by atomic mass is 10.0. The van der Waals surface area contributed by atoms with Crippen molar-refractivity contribution in [3.05, 3.63) is 53.9 Å². The lowest BCUT2D eigenvalue weighted by Gasteiger charge is -2.06. The number of nitrogens with zero attached hydrogens (tertiary/aromatic N) is 1. The molecule has 2 aromatic rings. The first-order valence-electron chi connectivity index (χ1n) is 5.93.